The van der Waals surface area contributed by atoms with Gasteiger partial charge in [0.1, 0.15) is 5.75 Å². The number of amides is 1. The van der Waals surface area contributed by atoms with Crippen LogP contribution in [0.2, 0.25) is 5.02 Å². The number of carbonyl (C=O) groups is 1. The zero-order valence-electron chi connectivity index (χ0n) is 12.9. The average Bonchev–Trinajstić information content (AvgIpc) is 2.82. The molecule has 1 unspecified atom stereocenters. The lowest BCUT2D eigenvalue weighted by Gasteiger charge is -2.52. The largest absolute Gasteiger partial charge is 0.495 e. The SMILES string of the molecule is COc1ccc(C(=O)N2CC3(CC(CO)CN3C)C2)cc1Cl. The fourth-order valence-corrected chi connectivity index (χ4v) is 3.88. The highest BCUT2D eigenvalue weighted by molar-refractivity contribution is 6.32. The third-order valence-corrected chi connectivity index (χ3v) is 5.22. The van der Waals surface area contributed by atoms with Crippen molar-refractivity contribution in [2.75, 3.05) is 40.4 Å². The molecule has 1 aromatic carbocycles. The van der Waals surface area contributed by atoms with Crippen molar-refractivity contribution in [3.05, 3.63) is 28.8 Å². The molecular formula is C16H21ClN2O3. The van der Waals surface area contributed by atoms with Crippen LogP contribution in [0.3, 0.4) is 0 Å². The first-order chi connectivity index (χ1) is 10.5. The Hall–Kier alpha value is -1.30. The minimum absolute atomic E-state index is 0.00368. The monoisotopic (exact) mass is 324 g/mol. The van der Waals surface area contributed by atoms with E-state index in [0.717, 1.165) is 13.0 Å². The number of carbonyl (C=O) groups excluding carboxylic acids is 1. The van der Waals surface area contributed by atoms with E-state index in [4.69, 9.17) is 16.3 Å². The molecule has 1 N–H and O–H groups in total. The van der Waals surface area contributed by atoms with Gasteiger partial charge in [-0.15, -0.1) is 0 Å². The summed E-state index contributed by atoms with van der Waals surface area (Å²) < 4.78 is 5.11. The van der Waals surface area contributed by atoms with Crippen molar-refractivity contribution in [1.82, 2.24) is 9.80 Å². The van der Waals surface area contributed by atoms with Gasteiger partial charge in [-0.3, -0.25) is 9.69 Å². The van der Waals surface area contributed by atoms with E-state index in [2.05, 4.69) is 11.9 Å². The minimum atomic E-state index is -0.00368. The summed E-state index contributed by atoms with van der Waals surface area (Å²) in [6.07, 6.45) is 0.952. The van der Waals surface area contributed by atoms with Crippen molar-refractivity contribution in [3.63, 3.8) is 0 Å². The number of aliphatic hydroxyl groups is 1. The lowest BCUT2D eigenvalue weighted by Crippen LogP contribution is -2.68. The molecule has 2 saturated heterocycles. The van der Waals surface area contributed by atoms with Gasteiger partial charge in [0.25, 0.3) is 5.91 Å². The highest BCUT2D eigenvalue weighted by Gasteiger charge is 2.52. The first-order valence-electron chi connectivity index (χ1n) is 7.44. The van der Waals surface area contributed by atoms with Crippen LogP contribution in [0.4, 0.5) is 0 Å². The summed E-state index contributed by atoms with van der Waals surface area (Å²) in [7, 11) is 3.62. The second-order valence-corrected chi connectivity index (χ2v) is 6.78. The molecule has 1 spiro atoms. The van der Waals surface area contributed by atoms with Gasteiger partial charge in [-0.25, -0.2) is 0 Å². The van der Waals surface area contributed by atoms with Crippen LogP contribution >= 0.6 is 11.6 Å². The van der Waals surface area contributed by atoms with E-state index in [9.17, 15) is 9.90 Å². The van der Waals surface area contributed by atoms with E-state index in [1.54, 1.807) is 25.3 Å². The molecule has 0 radical (unpaired) electrons. The van der Waals surface area contributed by atoms with Gasteiger partial charge in [-0.05, 0) is 37.6 Å². The van der Waals surface area contributed by atoms with Crippen molar-refractivity contribution in [2.45, 2.75) is 12.0 Å². The third kappa shape index (κ3) is 2.47. The maximum atomic E-state index is 12.5. The van der Waals surface area contributed by atoms with Gasteiger partial charge in [-0.1, -0.05) is 11.6 Å². The van der Waals surface area contributed by atoms with Gasteiger partial charge in [0.2, 0.25) is 0 Å². The predicted molar refractivity (Wildman–Crippen MR) is 84.5 cm³/mol. The summed E-state index contributed by atoms with van der Waals surface area (Å²) in [6, 6.07) is 5.12. The number of likely N-dealkylation sites (N-methyl/N-ethyl adjacent to an activating group) is 1. The van der Waals surface area contributed by atoms with E-state index < -0.39 is 0 Å². The van der Waals surface area contributed by atoms with Gasteiger partial charge < -0.3 is 14.7 Å². The molecule has 22 heavy (non-hydrogen) atoms. The summed E-state index contributed by atoms with van der Waals surface area (Å²) in [5, 5.41) is 9.78. The fourth-order valence-electron chi connectivity index (χ4n) is 3.62. The van der Waals surface area contributed by atoms with Gasteiger partial charge in [0.05, 0.1) is 17.7 Å². The van der Waals surface area contributed by atoms with Crippen molar-refractivity contribution >= 4 is 17.5 Å². The summed E-state index contributed by atoms with van der Waals surface area (Å²) in [6.45, 7) is 2.53. The van der Waals surface area contributed by atoms with Crippen LogP contribution < -0.4 is 4.74 Å². The fraction of sp³-hybridized carbons (Fsp3) is 0.562. The Morgan fingerprint density at radius 3 is 2.77 bits per heavy atom. The number of hydrogen-bond donors (Lipinski definition) is 1. The van der Waals surface area contributed by atoms with Gasteiger partial charge in [0.15, 0.2) is 0 Å². The number of ether oxygens (including phenoxy) is 1. The van der Waals surface area contributed by atoms with Gasteiger partial charge in [0, 0.05) is 31.8 Å². The van der Waals surface area contributed by atoms with Gasteiger partial charge in [-0.2, -0.15) is 0 Å². The second kappa shape index (κ2) is 5.72. The van der Waals surface area contributed by atoms with Crippen molar-refractivity contribution < 1.29 is 14.6 Å². The van der Waals surface area contributed by atoms with Crippen LogP contribution in [-0.2, 0) is 0 Å². The summed E-state index contributed by atoms with van der Waals surface area (Å²) in [5.41, 5.74) is 0.624. The first kappa shape index (κ1) is 15.6. The Bertz CT molecular complexity index is 587. The normalized spacial score (nSPS) is 23.6. The van der Waals surface area contributed by atoms with Crippen LogP contribution in [0.1, 0.15) is 16.8 Å². The number of aliphatic hydroxyl groups excluding tert-OH is 1. The van der Waals surface area contributed by atoms with Crippen LogP contribution in [-0.4, -0.2) is 66.8 Å². The molecule has 120 valence electrons. The van der Waals surface area contributed by atoms with E-state index >= 15 is 0 Å². The Morgan fingerprint density at radius 2 is 2.23 bits per heavy atom. The quantitative estimate of drug-likeness (QED) is 0.915. The van der Waals surface area contributed by atoms with Crippen molar-refractivity contribution in [3.8, 4) is 5.75 Å². The molecule has 1 amide bonds. The summed E-state index contributed by atoms with van der Waals surface area (Å²) in [5.74, 6) is 0.883. The van der Waals surface area contributed by atoms with E-state index in [0.29, 0.717) is 35.3 Å². The zero-order chi connectivity index (χ0) is 15.9. The molecule has 2 heterocycles. The number of methoxy groups -OCH3 is 1. The Morgan fingerprint density at radius 1 is 1.50 bits per heavy atom. The van der Waals surface area contributed by atoms with Crippen molar-refractivity contribution in [1.29, 1.82) is 0 Å². The molecule has 5 nitrogen and oxygen atoms in total. The molecule has 2 aliphatic rings. The number of nitrogens with zero attached hydrogens (tertiary/aromatic N) is 2. The van der Waals surface area contributed by atoms with Crippen LogP contribution in [0, 0.1) is 5.92 Å². The average molecular weight is 325 g/mol. The molecule has 0 aromatic heterocycles. The number of halogens is 1. The molecule has 6 heteroatoms. The van der Waals surface area contributed by atoms with E-state index in [1.807, 2.05) is 4.90 Å². The molecule has 0 bridgehead atoms. The molecule has 3 rings (SSSR count). The Balaban J connectivity index is 1.68. The molecule has 2 fully saturated rings. The zero-order valence-corrected chi connectivity index (χ0v) is 13.6. The molecule has 2 aliphatic heterocycles. The van der Waals surface area contributed by atoms with Crippen LogP contribution in [0.25, 0.3) is 0 Å². The molecule has 1 atom stereocenters. The Labute approximate surface area is 135 Å². The number of hydrogen-bond acceptors (Lipinski definition) is 4. The lowest BCUT2D eigenvalue weighted by molar-refractivity contribution is -0.00774. The van der Waals surface area contributed by atoms with E-state index in [-0.39, 0.29) is 18.1 Å². The maximum Gasteiger partial charge on any atom is 0.254 e. The van der Waals surface area contributed by atoms with E-state index in [1.165, 1.54) is 0 Å². The summed E-state index contributed by atoms with van der Waals surface area (Å²) in [4.78, 5) is 16.7. The predicted octanol–water partition coefficient (Wildman–Crippen LogP) is 1.49. The highest BCUT2D eigenvalue weighted by Crippen LogP contribution is 2.40. The van der Waals surface area contributed by atoms with Crippen LogP contribution in [0.5, 0.6) is 5.75 Å². The second-order valence-electron chi connectivity index (χ2n) is 6.37. The molecule has 0 aliphatic carbocycles. The number of likely N-dealkylation sites (tertiary alicyclic amines) is 2. The lowest BCUT2D eigenvalue weighted by atomic mass is 9.84. The maximum absolute atomic E-state index is 12.5. The Kier molecular flexibility index (Phi) is 4.05. The van der Waals surface area contributed by atoms with Crippen LogP contribution in [0.15, 0.2) is 18.2 Å². The number of benzene rings is 1. The number of rotatable bonds is 3. The van der Waals surface area contributed by atoms with Crippen molar-refractivity contribution in [2.24, 2.45) is 5.92 Å². The smallest absolute Gasteiger partial charge is 0.254 e. The summed E-state index contributed by atoms with van der Waals surface area (Å²) >= 11 is 6.09. The molecule has 1 aromatic rings. The molecular weight excluding hydrogens is 304 g/mol. The highest BCUT2D eigenvalue weighted by atomic mass is 35.5. The third-order valence-electron chi connectivity index (χ3n) is 4.92. The minimum Gasteiger partial charge on any atom is -0.495 e. The van der Waals surface area contributed by atoms with Gasteiger partial charge >= 0.3 is 0 Å². The topological polar surface area (TPSA) is 53.0 Å². The first-order valence-corrected chi connectivity index (χ1v) is 7.82. The standard InChI is InChI=1S/C16H21ClN2O3/c1-18-7-11(8-20)6-16(18)9-19(10-16)15(21)12-3-4-14(22-2)13(17)5-12/h3-5,11,20H,6-10H2,1-2H3. The molecule has 0 saturated carbocycles.